The summed E-state index contributed by atoms with van der Waals surface area (Å²) in [7, 11) is 0. The Balaban J connectivity index is 1.55. The van der Waals surface area contributed by atoms with Gasteiger partial charge in [-0.25, -0.2) is 0 Å². The second kappa shape index (κ2) is 9.09. The summed E-state index contributed by atoms with van der Waals surface area (Å²) in [5.74, 6) is 1.14. The van der Waals surface area contributed by atoms with Crippen LogP contribution >= 0.6 is 11.8 Å². The predicted octanol–water partition coefficient (Wildman–Crippen LogP) is 4.66. The van der Waals surface area contributed by atoms with Gasteiger partial charge in [-0.3, -0.25) is 9.78 Å². The Bertz CT molecular complexity index is 1150. The van der Waals surface area contributed by atoms with Crippen LogP contribution in [0, 0.1) is 0 Å². The molecule has 0 bridgehead atoms. The number of hydrogen-bond donors (Lipinski definition) is 0. The van der Waals surface area contributed by atoms with Gasteiger partial charge in [0.2, 0.25) is 5.91 Å². The number of hydrogen-bond acceptors (Lipinski definition) is 5. The summed E-state index contributed by atoms with van der Waals surface area (Å²) >= 11 is 1.42. The van der Waals surface area contributed by atoms with Crippen molar-refractivity contribution in [3.63, 3.8) is 0 Å². The van der Waals surface area contributed by atoms with Gasteiger partial charge in [-0.05, 0) is 37.4 Å². The van der Waals surface area contributed by atoms with Gasteiger partial charge in [-0.15, -0.1) is 10.2 Å². The maximum absolute atomic E-state index is 13.1. The average molecular weight is 418 g/mol. The van der Waals surface area contributed by atoms with Gasteiger partial charge in [0.05, 0.1) is 11.4 Å². The summed E-state index contributed by atoms with van der Waals surface area (Å²) in [6.45, 7) is 5.38. The molecule has 7 heteroatoms. The maximum Gasteiger partial charge on any atom is 0.237 e. The summed E-state index contributed by atoms with van der Waals surface area (Å²) in [6, 6.07) is 18.0. The Morgan fingerprint density at radius 2 is 1.77 bits per heavy atom. The number of anilines is 1. The molecular formula is C23H23N5OS. The standard InChI is InChI=1S/C23H23N5OS/c1-3-27(20-11-7-9-17-8-5-6-10-19(17)20)21(29)16-30-23-26-25-22(28(23)4-2)18-12-14-24-15-13-18/h5-15H,3-4,16H2,1-2H3. The Hall–Kier alpha value is -3.19. The molecule has 2 heterocycles. The summed E-state index contributed by atoms with van der Waals surface area (Å²) in [4.78, 5) is 19.0. The fourth-order valence-corrected chi connectivity index (χ4v) is 4.40. The largest absolute Gasteiger partial charge is 0.311 e. The molecule has 0 atom stereocenters. The van der Waals surface area contributed by atoms with Gasteiger partial charge >= 0.3 is 0 Å². The quantitative estimate of drug-likeness (QED) is 0.409. The summed E-state index contributed by atoms with van der Waals surface area (Å²) in [5.41, 5.74) is 1.90. The number of amides is 1. The number of carbonyl (C=O) groups excluding carboxylic acids is 1. The van der Waals surface area contributed by atoms with E-state index in [1.807, 2.05) is 59.7 Å². The molecule has 0 saturated heterocycles. The molecule has 0 aliphatic rings. The van der Waals surface area contributed by atoms with Crippen LogP contribution in [0.15, 0.2) is 72.1 Å². The molecule has 0 fully saturated rings. The zero-order chi connectivity index (χ0) is 20.9. The van der Waals surface area contributed by atoms with Crippen molar-refractivity contribution in [2.45, 2.75) is 25.5 Å². The lowest BCUT2D eigenvalue weighted by atomic mass is 10.1. The van der Waals surface area contributed by atoms with Crippen molar-refractivity contribution in [1.82, 2.24) is 19.7 Å². The number of aromatic nitrogens is 4. The predicted molar refractivity (Wildman–Crippen MR) is 122 cm³/mol. The van der Waals surface area contributed by atoms with Gasteiger partial charge in [-0.2, -0.15) is 0 Å². The Labute approximate surface area is 180 Å². The number of benzene rings is 2. The van der Waals surface area contributed by atoms with Crippen LogP contribution in [0.1, 0.15) is 13.8 Å². The van der Waals surface area contributed by atoms with E-state index >= 15 is 0 Å². The fraction of sp³-hybridized carbons (Fsp3) is 0.217. The minimum Gasteiger partial charge on any atom is -0.311 e. The highest BCUT2D eigenvalue weighted by molar-refractivity contribution is 7.99. The smallest absolute Gasteiger partial charge is 0.237 e. The first-order valence-electron chi connectivity index (χ1n) is 9.97. The SMILES string of the molecule is CCN(C(=O)CSc1nnc(-c2ccncc2)n1CC)c1cccc2ccccc12. The van der Waals surface area contributed by atoms with Crippen molar-refractivity contribution in [2.24, 2.45) is 0 Å². The lowest BCUT2D eigenvalue weighted by Crippen LogP contribution is -2.32. The molecule has 4 aromatic rings. The molecule has 2 aromatic heterocycles. The van der Waals surface area contributed by atoms with Crippen LogP contribution in [0.4, 0.5) is 5.69 Å². The van der Waals surface area contributed by atoms with E-state index in [0.29, 0.717) is 12.3 Å². The summed E-state index contributed by atoms with van der Waals surface area (Å²) in [6.07, 6.45) is 3.48. The average Bonchev–Trinajstić information content (AvgIpc) is 3.22. The zero-order valence-corrected chi connectivity index (χ0v) is 17.8. The number of nitrogens with zero attached hydrogens (tertiary/aromatic N) is 5. The first kappa shape index (κ1) is 20.1. The minimum atomic E-state index is 0.0509. The van der Waals surface area contributed by atoms with E-state index in [0.717, 1.165) is 39.5 Å². The van der Waals surface area contributed by atoms with Crippen molar-refractivity contribution < 1.29 is 4.79 Å². The first-order chi connectivity index (χ1) is 14.7. The lowest BCUT2D eigenvalue weighted by Gasteiger charge is -2.22. The maximum atomic E-state index is 13.1. The Morgan fingerprint density at radius 1 is 1.00 bits per heavy atom. The Kier molecular flexibility index (Phi) is 6.09. The van der Waals surface area contributed by atoms with Gasteiger partial charge in [0.1, 0.15) is 0 Å². The van der Waals surface area contributed by atoms with Crippen molar-refractivity contribution in [3.8, 4) is 11.4 Å². The number of fused-ring (bicyclic) bond motifs is 1. The van der Waals surface area contributed by atoms with Crippen molar-refractivity contribution in [2.75, 3.05) is 17.2 Å². The summed E-state index contributed by atoms with van der Waals surface area (Å²) < 4.78 is 2.03. The van der Waals surface area contributed by atoms with Gasteiger partial charge in [0, 0.05) is 36.4 Å². The number of thioether (sulfide) groups is 1. The van der Waals surface area contributed by atoms with E-state index < -0.39 is 0 Å². The topological polar surface area (TPSA) is 63.9 Å². The van der Waals surface area contributed by atoms with E-state index in [2.05, 4.69) is 33.4 Å². The van der Waals surface area contributed by atoms with Gasteiger partial charge < -0.3 is 9.47 Å². The van der Waals surface area contributed by atoms with Crippen LogP contribution in [0.2, 0.25) is 0 Å². The molecule has 0 aliphatic carbocycles. The van der Waals surface area contributed by atoms with Gasteiger partial charge in [0.25, 0.3) is 0 Å². The van der Waals surface area contributed by atoms with E-state index in [1.54, 1.807) is 12.4 Å². The second-order valence-corrected chi connectivity index (χ2v) is 7.65. The van der Waals surface area contributed by atoms with Gasteiger partial charge in [-0.1, -0.05) is 48.2 Å². The summed E-state index contributed by atoms with van der Waals surface area (Å²) in [5, 5.41) is 11.6. The van der Waals surface area contributed by atoms with E-state index in [-0.39, 0.29) is 5.91 Å². The van der Waals surface area contributed by atoms with Crippen LogP contribution in [-0.4, -0.2) is 38.0 Å². The van der Waals surface area contributed by atoms with Gasteiger partial charge in [0.15, 0.2) is 11.0 Å². The molecule has 30 heavy (non-hydrogen) atoms. The third-order valence-electron chi connectivity index (χ3n) is 4.97. The third kappa shape index (κ3) is 3.93. The zero-order valence-electron chi connectivity index (χ0n) is 17.0. The lowest BCUT2D eigenvalue weighted by molar-refractivity contribution is -0.116. The molecule has 2 aromatic carbocycles. The molecule has 0 unspecified atom stereocenters. The highest BCUT2D eigenvalue weighted by Gasteiger charge is 2.19. The number of carbonyl (C=O) groups is 1. The van der Waals surface area contributed by atoms with Crippen molar-refractivity contribution in [1.29, 1.82) is 0 Å². The third-order valence-corrected chi connectivity index (χ3v) is 5.92. The molecule has 152 valence electrons. The monoisotopic (exact) mass is 417 g/mol. The molecule has 0 spiro atoms. The molecule has 1 amide bonds. The molecule has 6 nitrogen and oxygen atoms in total. The normalized spacial score (nSPS) is 11.0. The fourth-order valence-electron chi connectivity index (χ4n) is 3.52. The molecule has 4 rings (SSSR count). The highest BCUT2D eigenvalue weighted by Crippen LogP contribution is 2.28. The van der Waals surface area contributed by atoms with Crippen LogP contribution < -0.4 is 4.90 Å². The van der Waals surface area contributed by atoms with E-state index in [1.165, 1.54) is 11.8 Å². The highest BCUT2D eigenvalue weighted by atomic mass is 32.2. The second-order valence-electron chi connectivity index (χ2n) is 6.71. The molecule has 0 radical (unpaired) electrons. The first-order valence-corrected chi connectivity index (χ1v) is 11.0. The number of pyridine rings is 1. The molecular weight excluding hydrogens is 394 g/mol. The van der Waals surface area contributed by atoms with Crippen LogP contribution in [0.5, 0.6) is 0 Å². The minimum absolute atomic E-state index is 0.0509. The van der Waals surface area contributed by atoms with Crippen LogP contribution in [0.3, 0.4) is 0 Å². The van der Waals surface area contributed by atoms with E-state index in [9.17, 15) is 4.79 Å². The molecule has 0 N–H and O–H groups in total. The number of rotatable bonds is 7. The van der Waals surface area contributed by atoms with Crippen LogP contribution in [-0.2, 0) is 11.3 Å². The molecule has 0 saturated carbocycles. The van der Waals surface area contributed by atoms with Crippen LogP contribution in [0.25, 0.3) is 22.2 Å². The Morgan fingerprint density at radius 3 is 2.53 bits per heavy atom. The van der Waals surface area contributed by atoms with Crippen molar-refractivity contribution >= 4 is 34.1 Å². The van der Waals surface area contributed by atoms with Crippen molar-refractivity contribution in [3.05, 3.63) is 67.0 Å². The van der Waals surface area contributed by atoms with E-state index in [4.69, 9.17) is 0 Å². The molecule has 0 aliphatic heterocycles.